The molecule has 2 rings (SSSR count). The molecule has 16 heavy (non-hydrogen) atoms. The monoisotopic (exact) mass is 222 g/mol. The fourth-order valence-corrected chi connectivity index (χ4v) is 1.64. The number of carbonyl (C=O) groups is 1. The van der Waals surface area contributed by atoms with Crippen molar-refractivity contribution in [3.05, 3.63) is 18.0 Å². The number of nitrogens with zero attached hydrogens (tertiary/aromatic N) is 3. The summed E-state index contributed by atoms with van der Waals surface area (Å²) in [6, 6.07) is 1.51. The van der Waals surface area contributed by atoms with Crippen LogP contribution in [0.5, 0.6) is 0 Å². The van der Waals surface area contributed by atoms with Crippen LogP contribution in [-0.4, -0.2) is 41.7 Å². The predicted molar refractivity (Wildman–Crippen MR) is 58.2 cm³/mol. The first-order valence-corrected chi connectivity index (χ1v) is 5.16. The lowest BCUT2D eigenvalue weighted by Crippen LogP contribution is -2.42. The molecule has 0 aliphatic carbocycles. The van der Waals surface area contributed by atoms with Crippen molar-refractivity contribution in [3.8, 4) is 0 Å². The molecule has 1 aromatic rings. The Morgan fingerprint density at radius 2 is 2.50 bits per heavy atom. The van der Waals surface area contributed by atoms with Crippen LogP contribution in [0.4, 0.5) is 5.95 Å². The van der Waals surface area contributed by atoms with Gasteiger partial charge in [0.05, 0.1) is 12.7 Å². The highest BCUT2D eigenvalue weighted by Gasteiger charge is 2.19. The van der Waals surface area contributed by atoms with Crippen LogP contribution >= 0.6 is 0 Å². The van der Waals surface area contributed by atoms with Crippen molar-refractivity contribution in [2.45, 2.75) is 13.0 Å². The molecule has 0 saturated carbocycles. The molecule has 1 aromatic heterocycles. The van der Waals surface area contributed by atoms with E-state index >= 15 is 0 Å². The molecule has 1 amide bonds. The van der Waals surface area contributed by atoms with E-state index in [0.29, 0.717) is 12.6 Å². The van der Waals surface area contributed by atoms with E-state index < -0.39 is 5.91 Å². The minimum Gasteiger partial charge on any atom is -0.375 e. The first-order chi connectivity index (χ1) is 7.66. The molecule has 2 N–H and O–H groups in total. The molecule has 6 nitrogen and oxygen atoms in total. The van der Waals surface area contributed by atoms with E-state index in [9.17, 15) is 4.79 Å². The molecular weight excluding hydrogens is 208 g/mol. The molecule has 0 aromatic carbocycles. The predicted octanol–water partition coefficient (Wildman–Crippen LogP) is -0.199. The van der Waals surface area contributed by atoms with Gasteiger partial charge in [-0.15, -0.1) is 0 Å². The number of carbonyl (C=O) groups excluding carboxylic acids is 1. The largest absolute Gasteiger partial charge is 0.375 e. The van der Waals surface area contributed by atoms with Crippen molar-refractivity contribution < 1.29 is 9.53 Å². The van der Waals surface area contributed by atoms with Gasteiger partial charge >= 0.3 is 0 Å². The molecule has 0 radical (unpaired) electrons. The minimum absolute atomic E-state index is 0.148. The molecule has 6 heteroatoms. The summed E-state index contributed by atoms with van der Waals surface area (Å²) in [5.74, 6) is -0.00333. The van der Waals surface area contributed by atoms with Gasteiger partial charge in [-0.1, -0.05) is 0 Å². The third kappa shape index (κ3) is 2.27. The van der Waals surface area contributed by atoms with Crippen LogP contribution in [0.15, 0.2) is 12.3 Å². The molecule has 1 aliphatic rings. The summed E-state index contributed by atoms with van der Waals surface area (Å²) in [6.45, 7) is 4.09. The van der Waals surface area contributed by atoms with Crippen LogP contribution in [0.3, 0.4) is 0 Å². The second kappa shape index (κ2) is 4.44. The van der Waals surface area contributed by atoms with Crippen molar-refractivity contribution in [2.24, 2.45) is 5.73 Å². The molecule has 1 unspecified atom stereocenters. The molecule has 1 saturated heterocycles. The van der Waals surface area contributed by atoms with E-state index in [4.69, 9.17) is 10.5 Å². The standard InChI is InChI=1S/C10H14N4O2/c1-7-6-14(4-5-16-7)10-12-3-2-8(13-10)9(11)15/h2-3,7H,4-6H2,1H3,(H2,11,15). The second-order valence-electron chi connectivity index (χ2n) is 3.73. The van der Waals surface area contributed by atoms with Gasteiger partial charge in [-0.05, 0) is 13.0 Å². The number of hydrogen-bond acceptors (Lipinski definition) is 5. The molecule has 1 fully saturated rings. The van der Waals surface area contributed by atoms with Crippen LogP contribution in [-0.2, 0) is 4.74 Å². The Kier molecular flexibility index (Phi) is 3.00. The summed E-state index contributed by atoms with van der Waals surface area (Å²) in [5.41, 5.74) is 5.41. The molecule has 0 spiro atoms. The van der Waals surface area contributed by atoms with Crippen LogP contribution in [0.1, 0.15) is 17.4 Å². The average Bonchev–Trinajstić information content (AvgIpc) is 2.29. The van der Waals surface area contributed by atoms with E-state index in [1.165, 1.54) is 6.07 Å². The molecular formula is C10H14N4O2. The second-order valence-corrected chi connectivity index (χ2v) is 3.73. The Morgan fingerprint density at radius 1 is 1.69 bits per heavy atom. The third-order valence-corrected chi connectivity index (χ3v) is 2.42. The van der Waals surface area contributed by atoms with Gasteiger partial charge in [0.15, 0.2) is 0 Å². The van der Waals surface area contributed by atoms with Gasteiger partial charge < -0.3 is 15.4 Å². The lowest BCUT2D eigenvalue weighted by Gasteiger charge is -2.31. The van der Waals surface area contributed by atoms with Gasteiger partial charge in [-0.3, -0.25) is 4.79 Å². The fraction of sp³-hybridized carbons (Fsp3) is 0.500. The molecule has 2 heterocycles. The Morgan fingerprint density at radius 3 is 3.19 bits per heavy atom. The van der Waals surface area contributed by atoms with E-state index in [0.717, 1.165) is 13.1 Å². The van der Waals surface area contributed by atoms with Gasteiger partial charge in [0.25, 0.3) is 5.91 Å². The number of ether oxygens (including phenoxy) is 1. The first kappa shape index (κ1) is 10.8. The number of nitrogens with two attached hydrogens (primary N) is 1. The maximum Gasteiger partial charge on any atom is 0.267 e. The van der Waals surface area contributed by atoms with Gasteiger partial charge in [0.2, 0.25) is 5.95 Å². The van der Waals surface area contributed by atoms with Crippen molar-refractivity contribution in [2.75, 3.05) is 24.6 Å². The Hall–Kier alpha value is -1.69. The van der Waals surface area contributed by atoms with E-state index in [2.05, 4.69) is 9.97 Å². The van der Waals surface area contributed by atoms with Crippen molar-refractivity contribution >= 4 is 11.9 Å². The van der Waals surface area contributed by atoms with Crippen LogP contribution in [0.25, 0.3) is 0 Å². The van der Waals surface area contributed by atoms with Gasteiger partial charge in [0, 0.05) is 19.3 Å². The zero-order valence-corrected chi connectivity index (χ0v) is 9.09. The molecule has 1 aliphatic heterocycles. The Labute approximate surface area is 93.4 Å². The number of aromatic nitrogens is 2. The highest BCUT2D eigenvalue weighted by Crippen LogP contribution is 2.12. The topological polar surface area (TPSA) is 81.3 Å². The molecule has 0 bridgehead atoms. The van der Waals surface area contributed by atoms with Gasteiger partial charge in [0.1, 0.15) is 5.69 Å². The van der Waals surface area contributed by atoms with Crippen molar-refractivity contribution in [1.82, 2.24) is 9.97 Å². The summed E-state index contributed by atoms with van der Waals surface area (Å²) < 4.78 is 5.42. The third-order valence-electron chi connectivity index (χ3n) is 2.42. The van der Waals surface area contributed by atoms with Crippen LogP contribution < -0.4 is 10.6 Å². The van der Waals surface area contributed by atoms with Crippen molar-refractivity contribution in [3.63, 3.8) is 0 Å². The maximum atomic E-state index is 11.0. The molecule has 1 atom stereocenters. The zero-order valence-electron chi connectivity index (χ0n) is 9.09. The lowest BCUT2D eigenvalue weighted by molar-refractivity contribution is 0.0526. The average molecular weight is 222 g/mol. The summed E-state index contributed by atoms with van der Waals surface area (Å²) in [4.78, 5) is 21.2. The van der Waals surface area contributed by atoms with E-state index in [1.54, 1.807) is 6.20 Å². The van der Waals surface area contributed by atoms with E-state index in [-0.39, 0.29) is 11.8 Å². The summed E-state index contributed by atoms with van der Waals surface area (Å²) in [6.07, 6.45) is 1.69. The van der Waals surface area contributed by atoms with Crippen molar-refractivity contribution in [1.29, 1.82) is 0 Å². The summed E-state index contributed by atoms with van der Waals surface area (Å²) in [7, 11) is 0. The first-order valence-electron chi connectivity index (χ1n) is 5.16. The van der Waals surface area contributed by atoms with Crippen LogP contribution in [0, 0.1) is 0 Å². The summed E-state index contributed by atoms with van der Waals surface area (Å²) >= 11 is 0. The number of hydrogen-bond donors (Lipinski definition) is 1. The number of primary amides is 1. The van der Waals surface area contributed by atoms with E-state index in [1.807, 2.05) is 11.8 Å². The lowest BCUT2D eigenvalue weighted by atomic mass is 10.3. The van der Waals surface area contributed by atoms with Crippen LogP contribution in [0.2, 0.25) is 0 Å². The Balaban J connectivity index is 2.19. The van der Waals surface area contributed by atoms with Gasteiger partial charge in [-0.2, -0.15) is 0 Å². The number of anilines is 1. The minimum atomic E-state index is -0.537. The Bertz CT molecular complexity index is 396. The SMILES string of the molecule is CC1CN(c2nccc(C(N)=O)n2)CCO1. The number of morpholine rings is 1. The maximum absolute atomic E-state index is 11.0. The van der Waals surface area contributed by atoms with Gasteiger partial charge in [-0.25, -0.2) is 9.97 Å². The number of rotatable bonds is 2. The zero-order chi connectivity index (χ0) is 11.5. The molecule has 86 valence electrons. The normalized spacial score (nSPS) is 20.8. The highest BCUT2D eigenvalue weighted by atomic mass is 16.5. The summed E-state index contributed by atoms with van der Waals surface area (Å²) in [5, 5.41) is 0. The number of amides is 1. The smallest absolute Gasteiger partial charge is 0.267 e. The fourth-order valence-electron chi connectivity index (χ4n) is 1.64. The quantitative estimate of drug-likeness (QED) is 0.749. The highest BCUT2D eigenvalue weighted by molar-refractivity contribution is 5.90.